The molecule has 0 radical (unpaired) electrons. The molecule has 122 valence electrons. The van der Waals surface area contributed by atoms with Crippen LogP contribution in [0.15, 0.2) is 4.52 Å². The Morgan fingerprint density at radius 2 is 2.14 bits per heavy atom. The van der Waals surface area contributed by atoms with Crippen LogP contribution in [0.5, 0.6) is 0 Å². The second kappa shape index (κ2) is 6.77. The number of likely N-dealkylation sites (tertiary alicyclic amines) is 1. The van der Waals surface area contributed by atoms with Crippen LogP contribution in [0.1, 0.15) is 69.5 Å². The number of carbonyl (C=O) groups excluding carboxylic acids is 1. The van der Waals surface area contributed by atoms with Gasteiger partial charge in [0.2, 0.25) is 5.89 Å². The Morgan fingerprint density at radius 3 is 2.77 bits per heavy atom. The minimum Gasteiger partial charge on any atom is -0.368 e. The molecule has 0 aromatic carbocycles. The van der Waals surface area contributed by atoms with Gasteiger partial charge in [-0.1, -0.05) is 19.0 Å². The van der Waals surface area contributed by atoms with Gasteiger partial charge in [0.25, 0.3) is 5.91 Å². The molecule has 1 amide bonds. The summed E-state index contributed by atoms with van der Waals surface area (Å²) in [5.41, 5.74) is 0. The lowest BCUT2D eigenvalue weighted by atomic mass is 9.96. The third-order valence-corrected chi connectivity index (χ3v) is 4.87. The third-order valence-electron chi connectivity index (χ3n) is 4.87. The molecule has 2 aliphatic heterocycles. The van der Waals surface area contributed by atoms with Crippen molar-refractivity contribution in [2.45, 2.75) is 63.9 Å². The molecule has 3 rings (SSSR count). The van der Waals surface area contributed by atoms with Crippen molar-refractivity contribution in [2.75, 3.05) is 19.7 Å². The summed E-state index contributed by atoms with van der Waals surface area (Å²) in [6, 6.07) is 0. The topological polar surface area (TPSA) is 68.5 Å². The Bertz CT molecular complexity index is 502. The van der Waals surface area contributed by atoms with Gasteiger partial charge in [-0.05, 0) is 32.1 Å². The molecule has 0 N–H and O–H groups in total. The summed E-state index contributed by atoms with van der Waals surface area (Å²) in [5, 5.41) is 4.09. The van der Waals surface area contributed by atoms with E-state index < -0.39 is 0 Å². The zero-order valence-electron chi connectivity index (χ0n) is 13.5. The van der Waals surface area contributed by atoms with Crippen LogP contribution in [0.2, 0.25) is 0 Å². The van der Waals surface area contributed by atoms with E-state index in [1.54, 1.807) is 0 Å². The molecule has 0 saturated carbocycles. The SMILES string of the molecule is CC[C@H](C)c1noc(C2CCN(C(=O)[C@@H]3CCCO3)CC2)n1. The highest BCUT2D eigenvalue weighted by molar-refractivity contribution is 5.81. The van der Waals surface area contributed by atoms with Gasteiger partial charge in [0.05, 0.1) is 0 Å². The Hall–Kier alpha value is -1.43. The van der Waals surface area contributed by atoms with E-state index in [0.29, 0.717) is 12.5 Å². The minimum atomic E-state index is -0.211. The van der Waals surface area contributed by atoms with E-state index in [4.69, 9.17) is 9.26 Å². The molecule has 6 nitrogen and oxygen atoms in total. The zero-order chi connectivity index (χ0) is 15.5. The lowest BCUT2D eigenvalue weighted by Crippen LogP contribution is -2.43. The van der Waals surface area contributed by atoms with E-state index in [1.807, 2.05) is 4.90 Å². The van der Waals surface area contributed by atoms with Crippen LogP contribution in [-0.2, 0) is 9.53 Å². The first-order valence-electron chi connectivity index (χ1n) is 8.43. The number of hydrogen-bond donors (Lipinski definition) is 0. The van der Waals surface area contributed by atoms with Crippen LogP contribution in [0.25, 0.3) is 0 Å². The Balaban J connectivity index is 1.55. The van der Waals surface area contributed by atoms with Crippen molar-refractivity contribution in [2.24, 2.45) is 0 Å². The average Bonchev–Trinajstić information content (AvgIpc) is 3.25. The summed E-state index contributed by atoms with van der Waals surface area (Å²) in [6.45, 7) is 6.45. The van der Waals surface area contributed by atoms with Gasteiger partial charge in [0, 0.05) is 31.5 Å². The van der Waals surface area contributed by atoms with Gasteiger partial charge >= 0.3 is 0 Å². The van der Waals surface area contributed by atoms with Crippen LogP contribution in [0.4, 0.5) is 0 Å². The van der Waals surface area contributed by atoms with E-state index >= 15 is 0 Å². The van der Waals surface area contributed by atoms with E-state index in [0.717, 1.165) is 56.9 Å². The van der Waals surface area contributed by atoms with E-state index in [1.165, 1.54) is 0 Å². The first-order chi connectivity index (χ1) is 10.7. The van der Waals surface area contributed by atoms with Crippen LogP contribution in [0, 0.1) is 0 Å². The lowest BCUT2D eigenvalue weighted by Gasteiger charge is -2.31. The molecule has 2 aliphatic rings. The average molecular weight is 307 g/mol. The summed E-state index contributed by atoms with van der Waals surface area (Å²) in [4.78, 5) is 18.8. The van der Waals surface area contributed by atoms with E-state index in [2.05, 4.69) is 24.0 Å². The normalized spacial score (nSPS) is 24.6. The lowest BCUT2D eigenvalue weighted by molar-refractivity contribution is -0.142. The maximum Gasteiger partial charge on any atom is 0.251 e. The molecule has 2 fully saturated rings. The number of ether oxygens (including phenoxy) is 1. The maximum absolute atomic E-state index is 12.3. The maximum atomic E-state index is 12.3. The number of nitrogens with zero attached hydrogens (tertiary/aromatic N) is 3. The molecule has 6 heteroatoms. The quantitative estimate of drug-likeness (QED) is 0.854. The largest absolute Gasteiger partial charge is 0.368 e. The van der Waals surface area contributed by atoms with Gasteiger partial charge in [-0.2, -0.15) is 4.98 Å². The minimum absolute atomic E-state index is 0.154. The molecular formula is C16H25N3O3. The number of aromatic nitrogens is 2. The highest BCUT2D eigenvalue weighted by Crippen LogP contribution is 2.29. The molecule has 0 spiro atoms. The summed E-state index contributed by atoms with van der Waals surface area (Å²) < 4.78 is 10.9. The van der Waals surface area contributed by atoms with Crippen molar-refractivity contribution in [1.82, 2.24) is 15.0 Å². The van der Waals surface area contributed by atoms with Crippen molar-refractivity contribution in [3.8, 4) is 0 Å². The van der Waals surface area contributed by atoms with Crippen molar-refractivity contribution in [3.05, 3.63) is 11.7 Å². The molecule has 0 unspecified atom stereocenters. The molecule has 1 aromatic heterocycles. The van der Waals surface area contributed by atoms with Crippen LogP contribution in [-0.4, -0.2) is 46.7 Å². The number of rotatable bonds is 4. The Kier molecular flexibility index (Phi) is 4.76. The predicted molar refractivity (Wildman–Crippen MR) is 80.5 cm³/mol. The van der Waals surface area contributed by atoms with E-state index in [9.17, 15) is 4.79 Å². The summed E-state index contributed by atoms with van der Waals surface area (Å²) >= 11 is 0. The highest BCUT2D eigenvalue weighted by atomic mass is 16.5. The van der Waals surface area contributed by atoms with Gasteiger partial charge in [0.1, 0.15) is 6.10 Å². The Morgan fingerprint density at radius 1 is 1.36 bits per heavy atom. The van der Waals surface area contributed by atoms with Gasteiger partial charge < -0.3 is 14.2 Å². The summed E-state index contributed by atoms with van der Waals surface area (Å²) in [5.74, 6) is 2.30. The highest BCUT2D eigenvalue weighted by Gasteiger charge is 2.32. The second-order valence-corrected chi connectivity index (χ2v) is 6.40. The van der Waals surface area contributed by atoms with Gasteiger partial charge in [-0.3, -0.25) is 4.79 Å². The van der Waals surface area contributed by atoms with Gasteiger partial charge in [-0.25, -0.2) is 0 Å². The first kappa shape index (κ1) is 15.5. The van der Waals surface area contributed by atoms with Crippen LogP contribution >= 0.6 is 0 Å². The Labute approximate surface area is 131 Å². The molecule has 0 aliphatic carbocycles. The fourth-order valence-corrected chi connectivity index (χ4v) is 3.12. The van der Waals surface area contributed by atoms with Crippen molar-refractivity contribution < 1.29 is 14.1 Å². The van der Waals surface area contributed by atoms with Crippen molar-refractivity contribution in [3.63, 3.8) is 0 Å². The molecule has 1 aromatic rings. The van der Waals surface area contributed by atoms with Crippen LogP contribution < -0.4 is 0 Å². The molecular weight excluding hydrogens is 282 g/mol. The monoisotopic (exact) mass is 307 g/mol. The second-order valence-electron chi connectivity index (χ2n) is 6.40. The summed E-state index contributed by atoms with van der Waals surface area (Å²) in [7, 11) is 0. The predicted octanol–water partition coefficient (Wildman–Crippen LogP) is 2.47. The smallest absolute Gasteiger partial charge is 0.251 e. The number of carbonyl (C=O) groups is 1. The fourth-order valence-electron chi connectivity index (χ4n) is 3.12. The van der Waals surface area contributed by atoms with E-state index in [-0.39, 0.29) is 17.9 Å². The summed E-state index contributed by atoms with van der Waals surface area (Å²) in [6.07, 6.45) is 4.43. The molecule has 2 atom stereocenters. The molecule has 2 saturated heterocycles. The number of piperidine rings is 1. The van der Waals surface area contributed by atoms with Gasteiger partial charge in [0.15, 0.2) is 5.82 Å². The third kappa shape index (κ3) is 3.16. The standard InChI is InChI=1S/C16H25N3O3/c1-3-11(2)14-17-15(22-18-14)12-6-8-19(9-7-12)16(20)13-5-4-10-21-13/h11-13H,3-10H2,1-2H3/t11-,13-/m0/s1. The van der Waals surface area contributed by atoms with Gasteiger partial charge in [-0.15, -0.1) is 0 Å². The number of amides is 1. The molecule has 0 bridgehead atoms. The zero-order valence-corrected chi connectivity index (χ0v) is 13.5. The van der Waals surface area contributed by atoms with Crippen molar-refractivity contribution >= 4 is 5.91 Å². The fraction of sp³-hybridized carbons (Fsp3) is 0.812. The molecule has 3 heterocycles. The van der Waals surface area contributed by atoms with Crippen molar-refractivity contribution in [1.29, 1.82) is 0 Å². The molecule has 22 heavy (non-hydrogen) atoms. The van der Waals surface area contributed by atoms with Crippen LogP contribution in [0.3, 0.4) is 0 Å². The number of hydrogen-bond acceptors (Lipinski definition) is 5. The first-order valence-corrected chi connectivity index (χ1v) is 8.43.